The van der Waals surface area contributed by atoms with Crippen molar-refractivity contribution in [3.63, 3.8) is 0 Å². The summed E-state index contributed by atoms with van der Waals surface area (Å²) < 4.78 is 46.3. The molecule has 0 spiro atoms. The highest BCUT2D eigenvalue weighted by Crippen LogP contribution is 2.32. The SMILES string of the molecule is O=C(Nc1cc(Br)ccc1OC(F)(F)F)OCc1ccccc1. The van der Waals surface area contributed by atoms with Gasteiger partial charge in [-0.25, -0.2) is 4.79 Å². The van der Waals surface area contributed by atoms with Crippen LogP contribution in [0.15, 0.2) is 53.0 Å². The lowest BCUT2D eigenvalue weighted by Crippen LogP contribution is -2.20. The normalized spacial score (nSPS) is 11.0. The minimum atomic E-state index is -4.86. The molecule has 2 aromatic carbocycles. The molecule has 0 saturated heterocycles. The van der Waals surface area contributed by atoms with E-state index in [0.29, 0.717) is 4.47 Å². The van der Waals surface area contributed by atoms with Gasteiger partial charge in [0.15, 0.2) is 5.75 Å². The van der Waals surface area contributed by atoms with Crippen molar-refractivity contribution in [2.24, 2.45) is 0 Å². The van der Waals surface area contributed by atoms with Gasteiger partial charge in [0.1, 0.15) is 6.61 Å². The molecule has 2 rings (SSSR count). The monoisotopic (exact) mass is 389 g/mol. The van der Waals surface area contributed by atoms with Gasteiger partial charge in [-0.05, 0) is 23.8 Å². The summed E-state index contributed by atoms with van der Waals surface area (Å²) in [5.74, 6) is -0.530. The number of carbonyl (C=O) groups is 1. The number of rotatable bonds is 4. The van der Waals surface area contributed by atoms with E-state index < -0.39 is 18.2 Å². The van der Waals surface area contributed by atoms with Crippen LogP contribution >= 0.6 is 15.9 Å². The van der Waals surface area contributed by atoms with Gasteiger partial charge < -0.3 is 9.47 Å². The van der Waals surface area contributed by atoms with Crippen molar-refractivity contribution >= 4 is 27.7 Å². The number of carbonyl (C=O) groups excluding carboxylic acids is 1. The summed E-state index contributed by atoms with van der Waals surface area (Å²) in [5, 5.41) is 2.23. The molecule has 0 aliphatic heterocycles. The Balaban J connectivity index is 2.03. The second-order valence-corrected chi connectivity index (χ2v) is 5.29. The van der Waals surface area contributed by atoms with Crippen molar-refractivity contribution in [3.8, 4) is 5.75 Å². The molecule has 1 amide bonds. The molecule has 122 valence electrons. The molecule has 0 aliphatic rings. The van der Waals surface area contributed by atoms with Crippen LogP contribution in [-0.4, -0.2) is 12.5 Å². The van der Waals surface area contributed by atoms with Gasteiger partial charge in [0, 0.05) is 4.47 Å². The maximum Gasteiger partial charge on any atom is 0.573 e. The number of benzene rings is 2. The van der Waals surface area contributed by atoms with Gasteiger partial charge >= 0.3 is 12.5 Å². The first kappa shape index (κ1) is 17.1. The largest absolute Gasteiger partial charge is 0.573 e. The smallest absolute Gasteiger partial charge is 0.444 e. The molecule has 23 heavy (non-hydrogen) atoms. The Morgan fingerprint density at radius 2 is 1.83 bits per heavy atom. The van der Waals surface area contributed by atoms with E-state index >= 15 is 0 Å². The molecule has 4 nitrogen and oxygen atoms in total. The van der Waals surface area contributed by atoms with Crippen molar-refractivity contribution in [1.82, 2.24) is 0 Å². The summed E-state index contributed by atoms with van der Waals surface area (Å²) in [6.07, 6.45) is -5.75. The number of anilines is 1. The first-order chi connectivity index (χ1) is 10.8. The molecule has 0 fully saturated rings. The highest BCUT2D eigenvalue weighted by Gasteiger charge is 2.32. The minimum Gasteiger partial charge on any atom is -0.444 e. The van der Waals surface area contributed by atoms with Crippen LogP contribution in [0.25, 0.3) is 0 Å². The fourth-order valence-electron chi connectivity index (χ4n) is 1.68. The molecule has 0 aromatic heterocycles. The predicted molar refractivity (Wildman–Crippen MR) is 81.1 cm³/mol. The highest BCUT2D eigenvalue weighted by atomic mass is 79.9. The summed E-state index contributed by atoms with van der Waals surface area (Å²) in [6.45, 7) is -0.00383. The molecule has 2 aromatic rings. The third kappa shape index (κ3) is 5.82. The summed E-state index contributed by atoms with van der Waals surface area (Å²) in [5.41, 5.74) is 0.596. The first-order valence-electron chi connectivity index (χ1n) is 6.36. The number of alkyl halides is 3. The van der Waals surface area contributed by atoms with Gasteiger partial charge in [0.2, 0.25) is 0 Å². The van der Waals surface area contributed by atoms with Crippen molar-refractivity contribution in [1.29, 1.82) is 0 Å². The Hall–Kier alpha value is -2.22. The zero-order chi connectivity index (χ0) is 16.9. The third-order valence-corrected chi connectivity index (χ3v) is 3.11. The average Bonchev–Trinajstić information content (AvgIpc) is 2.48. The topological polar surface area (TPSA) is 47.6 Å². The van der Waals surface area contributed by atoms with Crippen LogP contribution in [0.5, 0.6) is 5.75 Å². The molecule has 0 unspecified atom stereocenters. The van der Waals surface area contributed by atoms with E-state index in [4.69, 9.17) is 4.74 Å². The first-order valence-corrected chi connectivity index (χ1v) is 7.16. The fourth-order valence-corrected chi connectivity index (χ4v) is 2.04. The van der Waals surface area contributed by atoms with Crippen molar-refractivity contribution in [2.75, 3.05) is 5.32 Å². The van der Waals surface area contributed by atoms with Crippen LogP contribution in [0.4, 0.5) is 23.7 Å². The Bertz CT molecular complexity index is 677. The third-order valence-electron chi connectivity index (χ3n) is 2.62. The van der Waals surface area contributed by atoms with Gasteiger partial charge in [-0.3, -0.25) is 5.32 Å². The molecule has 1 N–H and O–H groups in total. The van der Waals surface area contributed by atoms with E-state index in [1.807, 2.05) is 6.07 Å². The van der Waals surface area contributed by atoms with Crippen LogP contribution in [-0.2, 0) is 11.3 Å². The lowest BCUT2D eigenvalue weighted by molar-refractivity contribution is -0.274. The molecule has 0 saturated carbocycles. The summed E-state index contributed by atoms with van der Waals surface area (Å²) in [4.78, 5) is 11.7. The van der Waals surface area contributed by atoms with Gasteiger partial charge in [-0.15, -0.1) is 13.2 Å². The van der Waals surface area contributed by atoms with Crippen molar-refractivity contribution in [3.05, 3.63) is 58.6 Å². The van der Waals surface area contributed by atoms with E-state index in [2.05, 4.69) is 26.0 Å². The second-order valence-electron chi connectivity index (χ2n) is 4.38. The maximum absolute atomic E-state index is 12.4. The zero-order valence-electron chi connectivity index (χ0n) is 11.6. The number of hydrogen-bond donors (Lipinski definition) is 1. The number of nitrogens with one attached hydrogen (secondary N) is 1. The van der Waals surface area contributed by atoms with Gasteiger partial charge in [0.05, 0.1) is 5.69 Å². The highest BCUT2D eigenvalue weighted by molar-refractivity contribution is 9.10. The van der Waals surface area contributed by atoms with Crippen LogP contribution < -0.4 is 10.1 Å². The van der Waals surface area contributed by atoms with E-state index in [-0.39, 0.29) is 12.3 Å². The molecule has 0 bridgehead atoms. The van der Waals surface area contributed by atoms with Gasteiger partial charge in [0.25, 0.3) is 0 Å². The van der Waals surface area contributed by atoms with Gasteiger partial charge in [-0.2, -0.15) is 0 Å². The Morgan fingerprint density at radius 3 is 2.48 bits per heavy atom. The molecule has 0 radical (unpaired) electrons. The Morgan fingerprint density at radius 1 is 1.13 bits per heavy atom. The lowest BCUT2D eigenvalue weighted by atomic mass is 10.2. The van der Waals surface area contributed by atoms with E-state index in [1.165, 1.54) is 12.1 Å². The number of halogens is 4. The molecular weight excluding hydrogens is 379 g/mol. The number of ether oxygens (including phenoxy) is 2. The van der Waals surface area contributed by atoms with Crippen molar-refractivity contribution in [2.45, 2.75) is 13.0 Å². The van der Waals surface area contributed by atoms with Crippen molar-refractivity contribution < 1.29 is 27.4 Å². The van der Waals surface area contributed by atoms with E-state index in [1.54, 1.807) is 24.3 Å². The van der Waals surface area contributed by atoms with Crippen LogP contribution in [0.1, 0.15) is 5.56 Å². The van der Waals surface area contributed by atoms with E-state index in [9.17, 15) is 18.0 Å². The molecule has 8 heteroatoms. The van der Waals surface area contributed by atoms with E-state index in [0.717, 1.165) is 11.6 Å². The molecular formula is C15H11BrF3NO3. The molecule has 0 atom stereocenters. The summed E-state index contributed by atoms with van der Waals surface area (Å²) >= 11 is 3.11. The average molecular weight is 390 g/mol. The molecule has 0 aliphatic carbocycles. The molecule has 0 heterocycles. The number of hydrogen-bond acceptors (Lipinski definition) is 3. The summed E-state index contributed by atoms with van der Waals surface area (Å²) in [6, 6.07) is 12.6. The predicted octanol–water partition coefficient (Wildman–Crippen LogP) is 5.10. The zero-order valence-corrected chi connectivity index (χ0v) is 13.1. The minimum absolute atomic E-state index is 0.00383. The lowest BCUT2D eigenvalue weighted by Gasteiger charge is -2.14. The van der Waals surface area contributed by atoms with Crippen LogP contribution in [0.2, 0.25) is 0 Å². The quantitative estimate of drug-likeness (QED) is 0.791. The Labute approximate surface area is 138 Å². The van der Waals surface area contributed by atoms with Gasteiger partial charge in [-0.1, -0.05) is 46.3 Å². The summed E-state index contributed by atoms with van der Waals surface area (Å²) in [7, 11) is 0. The standard InChI is InChI=1S/C15H11BrF3NO3/c16-11-6-7-13(23-15(17,18)19)12(8-11)20-14(21)22-9-10-4-2-1-3-5-10/h1-8H,9H2,(H,20,21). The maximum atomic E-state index is 12.4. The Kier molecular flexibility index (Phi) is 5.49. The number of amides is 1. The van der Waals surface area contributed by atoms with Crippen LogP contribution in [0.3, 0.4) is 0 Å². The second kappa shape index (κ2) is 7.36. The van der Waals surface area contributed by atoms with Crippen LogP contribution in [0, 0.1) is 0 Å². The fraction of sp³-hybridized carbons (Fsp3) is 0.133.